The van der Waals surface area contributed by atoms with Gasteiger partial charge < -0.3 is 0 Å². The zero-order valence-electron chi connectivity index (χ0n) is 9.52. The van der Waals surface area contributed by atoms with Crippen molar-refractivity contribution < 1.29 is 13.6 Å². The van der Waals surface area contributed by atoms with Crippen LogP contribution >= 0.6 is 11.6 Å². The monoisotopic (exact) mass is 260 g/mol. The summed E-state index contributed by atoms with van der Waals surface area (Å²) in [6.45, 7) is 0. The Morgan fingerprint density at radius 3 is 2.41 bits per heavy atom. The summed E-state index contributed by atoms with van der Waals surface area (Å²) in [5.74, 6) is -1.41. The van der Waals surface area contributed by atoms with Crippen LogP contribution in [0.2, 0.25) is 0 Å². The van der Waals surface area contributed by atoms with Crippen molar-refractivity contribution in [2.24, 2.45) is 0 Å². The minimum absolute atomic E-state index is 0.144. The first-order chi connectivity index (χ1) is 8.15. The third-order valence-electron chi connectivity index (χ3n) is 2.53. The van der Waals surface area contributed by atoms with E-state index in [4.69, 9.17) is 11.6 Å². The van der Waals surface area contributed by atoms with E-state index in [0.717, 1.165) is 37.8 Å². The predicted octanol–water partition coefficient (Wildman–Crippen LogP) is 4.34. The van der Waals surface area contributed by atoms with Crippen molar-refractivity contribution in [3.8, 4) is 0 Å². The molecule has 94 valence electrons. The highest BCUT2D eigenvalue weighted by atomic mass is 35.5. The molecule has 1 aromatic carbocycles. The molecule has 4 heteroatoms. The average molecular weight is 261 g/mol. The van der Waals surface area contributed by atoms with Gasteiger partial charge in [-0.05, 0) is 31.0 Å². The number of benzene rings is 1. The molecule has 0 aliphatic carbocycles. The Labute approximate surface area is 105 Å². The molecule has 1 rings (SSSR count). The number of hydrogen-bond donors (Lipinski definition) is 0. The van der Waals surface area contributed by atoms with E-state index in [1.807, 2.05) is 0 Å². The van der Waals surface area contributed by atoms with Gasteiger partial charge in [0.25, 0.3) is 0 Å². The Hall–Kier alpha value is -0.960. The first-order valence-corrected chi connectivity index (χ1v) is 6.23. The van der Waals surface area contributed by atoms with E-state index in [-0.39, 0.29) is 11.3 Å². The Bertz CT molecular complexity index is 380. The summed E-state index contributed by atoms with van der Waals surface area (Å²) >= 11 is 5.53. The number of carbonyl (C=O) groups is 1. The van der Waals surface area contributed by atoms with E-state index in [2.05, 4.69) is 0 Å². The molecule has 0 unspecified atom stereocenters. The average Bonchev–Trinajstić information content (AvgIpc) is 2.32. The fraction of sp³-hybridized carbons (Fsp3) is 0.462. The van der Waals surface area contributed by atoms with Gasteiger partial charge in [-0.25, -0.2) is 8.78 Å². The second-order valence-electron chi connectivity index (χ2n) is 3.91. The molecular weight excluding hydrogens is 246 g/mol. The van der Waals surface area contributed by atoms with Gasteiger partial charge in [0.2, 0.25) is 0 Å². The van der Waals surface area contributed by atoms with E-state index in [1.165, 1.54) is 6.07 Å². The van der Waals surface area contributed by atoms with E-state index in [1.54, 1.807) is 0 Å². The second-order valence-corrected chi connectivity index (χ2v) is 4.28. The third kappa shape index (κ3) is 4.82. The van der Waals surface area contributed by atoms with Crippen LogP contribution < -0.4 is 0 Å². The molecule has 0 N–H and O–H groups in total. The predicted molar refractivity (Wildman–Crippen MR) is 64.5 cm³/mol. The van der Waals surface area contributed by atoms with Crippen LogP contribution in [0.4, 0.5) is 8.78 Å². The summed E-state index contributed by atoms with van der Waals surface area (Å²) in [4.78, 5) is 11.6. The van der Waals surface area contributed by atoms with Crippen molar-refractivity contribution in [3.63, 3.8) is 0 Å². The Balaban J connectivity index is 2.39. The van der Waals surface area contributed by atoms with Crippen LogP contribution in [0.5, 0.6) is 0 Å². The smallest absolute Gasteiger partial charge is 0.162 e. The van der Waals surface area contributed by atoms with Crippen LogP contribution in [0.15, 0.2) is 18.2 Å². The molecule has 1 aromatic rings. The lowest BCUT2D eigenvalue weighted by Gasteiger charge is -2.02. The minimum atomic E-state index is -0.974. The van der Waals surface area contributed by atoms with Gasteiger partial charge in [0.15, 0.2) is 17.4 Å². The highest BCUT2D eigenvalue weighted by Crippen LogP contribution is 2.13. The molecule has 0 saturated heterocycles. The lowest BCUT2D eigenvalue weighted by molar-refractivity contribution is 0.0978. The highest BCUT2D eigenvalue weighted by molar-refractivity contribution is 6.17. The molecule has 0 fully saturated rings. The molecule has 0 bridgehead atoms. The number of ketones is 1. The quantitative estimate of drug-likeness (QED) is 0.405. The maximum Gasteiger partial charge on any atom is 0.162 e. The van der Waals surface area contributed by atoms with Crippen LogP contribution in [0.25, 0.3) is 0 Å². The van der Waals surface area contributed by atoms with Gasteiger partial charge in [-0.2, -0.15) is 0 Å². The lowest BCUT2D eigenvalue weighted by atomic mass is 10.0. The van der Waals surface area contributed by atoms with Crippen LogP contribution in [0.3, 0.4) is 0 Å². The third-order valence-corrected chi connectivity index (χ3v) is 2.80. The molecule has 0 aliphatic rings. The molecular formula is C13H15ClF2O. The summed E-state index contributed by atoms with van der Waals surface area (Å²) in [6, 6.07) is 3.26. The molecule has 0 radical (unpaired) electrons. The van der Waals surface area contributed by atoms with Crippen LogP contribution in [-0.4, -0.2) is 11.7 Å². The maximum atomic E-state index is 12.9. The molecule has 0 aliphatic heterocycles. The fourth-order valence-electron chi connectivity index (χ4n) is 1.55. The molecule has 0 saturated carbocycles. The van der Waals surface area contributed by atoms with Crippen molar-refractivity contribution in [3.05, 3.63) is 35.4 Å². The van der Waals surface area contributed by atoms with Gasteiger partial charge in [-0.1, -0.05) is 12.8 Å². The van der Waals surface area contributed by atoms with Crippen molar-refractivity contribution >= 4 is 17.4 Å². The van der Waals surface area contributed by atoms with E-state index >= 15 is 0 Å². The zero-order chi connectivity index (χ0) is 12.7. The standard InChI is InChI=1S/C13H15ClF2O/c14-8-4-2-1-3-5-13(17)10-6-7-11(15)12(16)9-10/h6-7,9H,1-5,8H2. The molecule has 0 heterocycles. The summed E-state index contributed by atoms with van der Waals surface area (Å²) in [5.41, 5.74) is 0.237. The van der Waals surface area contributed by atoms with Gasteiger partial charge >= 0.3 is 0 Å². The second kappa shape index (κ2) is 7.38. The number of carbonyl (C=O) groups excluding carboxylic acids is 1. The van der Waals surface area contributed by atoms with Crippen LogP contribution in [0, 0.1) is 11.6 Å². The Morgan fingerprint density at radius 1 is 1.06 bits per heavy atom. The van der Waals surface area contributed by atoms with Crippen LogP contribution in [-0.2, 0) is 0 Å². The summed E-state index contributed by atoms with van der Waals surface area (Å²) in [5, 5.41) is 0. The van der Waals surface area contributed by atoms with E-state index in [0.29, 0.717) is 12.3 Å². The maximum absolute atomic E-state index is 12.9. The Morgan fingerprint density at radius 2 is 1.76 bits per heavy atom. The van der Waals surface area contributed by atoms with Crippen molar-refractivity contribution in [1.82, 2.24) is 0 Å². The largest absolute Gasteiger partial charge is 0.294 e. The molecule has 1 nitrogen and oxygen atoms in total. The number of Topliss-reactive ketones (excluding diaryl/α,β-unsaturated/α-hetero) is 1. The van der Waals surface area contributed by atoms with Gasteiger partial charge in [-0.3, -0.25) is 4.79 Å². The zero-order valence-corrected chi connectivity index (χ0v) is 10.3. The van der Waals surface area contributed by atoms with Gasteiger partial charge in [0.1, 0.15) is 0 Å². The number of unbranched alkanes of at least 4 members (excludes halogenated alkanes) is 3. The summed E-state index contributed by atoms with van der Waals surface area (Å²) in [7, 11) is 0. The first-order valence-electron chi connectivity index (χ1n) is 5.69. The van der Waals surface area contributed by atoms with Crippen LogP contribution in [0.1, 0.15) is 42.5 Å². The number of hydrogen-bond acceptors (Lipinski definition) is 1. The first kappa shape index (κ1) is 14.1. The van der Waals surface area contributed by atoms with Crippen molar-refractivity contribution in [2.75, 3.05) is 5.88 Å². The van der Waals surface area contributed by atoms with E-state index < -0.39 is 11.6 Å². The normalized spacial score (nSPS) is 10.5. The van der Waals surface area contributed by atoms with Crippen molar-refractivity contribution in [2.45, 2.75) is 32.1 Å². The summed E-state index contributed by atoms with van der Waals surface area (Å²) < 4.78 is 25.5. The van der Waals surface area contributed by atoms with Crippen molar-refractivity contribution in [1.29, 1.82) is 0 Å². The number of alkyl halides is 1. The number of halogens is 3. The molecule has 0 aromatic heterocycles. The molecule has 0 spiro atoms. The lowest BCUT2D eigenvalue weighted by Crippen LogP contribution is -2.00. The van der Waals surface area contributed by atoms with Gasteiger partial charge in [-0.15, -0.1) is 11.6 Å². The summed E-state index contributed by atoms with van der Waals surface area (Å²) in [6.07, 6.45) is 4.00. The number of rotatable bonds is 7. The molecule has 17 heavy (non-hydrogen) atoms. The Kier molecular flexibility index (Phi) is 6.12. The fourth-order valence-corrected chi connectivity index (χ4v) is 1.74. The van der Waals surface area contributed by atoms with Gasteiger partial charge in [0.05, 0.1) is 0 Å². The van der Waals surface area contributed by atoms with E-state index in [9.17, 15) is 13.6 Å². The van der Waals surface area contributed by atoms with Gasteiger partial charge in [0, 0.05) is 17.9 Å². The molecule has 0 atom stereocenters. The highest BCUT2D eigenvalue weighted by Gasteiger charge is 2.09. The topological polar surface area (TPSA) is 17.1 Å². The molecule has 0 amide bonds. The SMILES string of the molecule is O=C(CCCCCCCl)c1ccc(F)c(F)c1. The minimum Gasteiger partial charge on any atom is -0.294 e.